The maximum absolute atomic E-state index is 13.1. The molecule has 1 N–H and O–H groups in total. The Kier molecular flexibility index (Phi) is 16.9. The number of thioether (sulfide) groups is 1. The molecule has 3 aliphatic rings. The van der Waals surface area contributed by atoms with Crippen LogP contribution in [0.25, 0.3) is 50.9 Å². The summed E-state index contributed by atoms with van der Waals surface area (Å²) in [7, 11) is -2.60. The van der Waals surface area contributed by atoms with Crippen molar-refractivity contribution >= 4 is 82.4 Å². The predicted molar refractivity (Wildman–Crippen MR) is 387 cm³/mol. The van der Waals surface area contributed by atoms with Crippen LogP contribution in [0.1, 0.15) is 175 Å². The number of hydrogen-bond acceptors (Lipinski definition) is 5. The van der Waals surface area contributed by atoms with E-state index in [0.29, 0.717) is 9.79 Å². The molecule has 90 heavy (non-hydrogen) atoms. The SMILES string of the molecule is CSc1c(C)c(C)c2c(ccn2C)c1C(C)(C)C1=Cc2c(cc(C)c(C)c2C)C1.Cc1cc2c(c(C)c1C)C=C(C(C)(C)c1c(S(C)(=O)=O)c(C)c(C)c3[nH]ccc13)C2.Cc1cc2c(c(C)c1C)C=C(C(C)(C)c1c(S(C)(=O)=O)c(C)c(C)c3c1ccn3C)C2. The lowest BCUT2D eigenvalue weighted by Gasteiger charge is -2.32. The second-order valence-corrected chi connectivity index (χ2v) is 33.4. The highest BCUT2D eigenvalue weighted by Crippen LogP contribution is 2.52. The highest BCUT2D eigenvalue weighted by molar-refractivity contribution is 7.98. The number of aryl methyl sites for hydroxylation is 8. The number of rotatable bonds is 9. The molecule has 12 rings (SSSR count). The minimum atomic E-state index is -3.41. The number of fused-ring (bicyclic) bond motifs is 6. The van der Waals surface area contributed by atoms with Crippen LogP contribution in [0.5, 0.6) is 0 Å². The molecular formula is C80H97N3O4S3. The highest BCUT2D eigenvalue weighted by atomic mass is 32.2. The molecule has 3 aliphatic carbocycles. The number of aromatic amines is 1. The van der Waals surface area contributed by atoms with E-state index in [1.165, 1.54) is 145 Å². The first-order valence-corrected chi connectivity index (χ1v) is 36.9. The molecule has 3 heterocycles. The molecule has 10 heteroatoms. The van der Waals surface area contributed by atoms with Crippen LogP contribution in [0.4, 0.5) is 0 Å². The summed E-state index contributed by atoms with van der Waals surface area (Å²) in [4.78, 5) is 5.77. The number of aromatic nitrogens is 3. The number of H-pyrrole nitrogens is 1. The smallest absolute Gasteiger partial charge is 0.176 e. The van der Waals surface area contributed by atoms with Crippen molar-refractivity contribution in [3.63, 3.8) is 0 Å². The third-order valence-corrected chi connectivity index (χ3v) is 25.8. The fourth-order valence-electron chi connectivity index (χ4n) is 15.9. The Morgan fingerprint density at radius 3 is 1.12 bits per heavy atom. The van der Waals surface area contributed by atoms with Crippen molar-refractivity contribution < 1.29 is 16.8 Å². The third-order valence-electron chi connectivity index (χ3n) is 22.4. The van der Waals surface area contributed by atoms with Gasteiger partial charge in [-0.05, 0) is 281 Å². The first-order valence-electron chi connectivity index (χ1n) is 31.9. The lowest BCUT2D eigenvalue weighted by Crippen LogP contribution is -2.25. The van der Waals surface area contributed by atoms with E-state index in [0.717, 1.165) is 74.4 Å². The van der Waals surface area contributed by atoms with Gasteiger partial charge in [0.05, 0.1) is 20.8 Å². The van der Waals surface area contributed by atoms with E-state index in [-0.39, 0.29) is 5.41 Å². The van der Waals surface area contributed by atoms with Crippen LogP contribution in [-0.4, -0.2) is 49.7 Å². The van der Waals surface area contributed by atoms with Crippen LogP contribution in [0.3, 0.4) is 0 Å². The van der Waals surface area contributed by atoms with E-state index < -0.39 is 30.5 Å². The molecule has 474 valence electrons. The quantitative estimate of drug-likeness (QED) is 0.145. The molecule has 9 aromatic rings. The second-order valence-electron chi connectivity index (χ2n) is 28.7. The van der Waals surface area contributed by atoms with Crippen LogP contribution in [-0.2, 0) is 69.3 Å². The molecule has 7 nitrogen and oxygen atoms in total. The monoisotopic (exact) mass is 1260 g/mol. The Morgan fingerprint density at radius 1 is 0.422 bits per heavy atom. The Hall–Kier alpha value is -6.59. The van der Waals surface area contributed by atoms with E-state index in [1.807, 2.05) is 65.0 Å². The van der Waals surface area contributed by atoms with Crippen molar-refractivity contribution in [3.05, 3.63) is 205 Å². The number of allylic oxidation sites excluding steroid dienone is 3. The van der Waals surface area contributed by atoms with Crippen molar-refractivity contribution in [1.29, 1.82) is 0 Å². The predicted octanol–water partition coefficient (Wildman–Crippen LogP) is 19.4. The summed E-state index contributed by atoms with van der Waals surface area (Å²) in [6.07, 6.45) is 20.9. The van der Waals surface area contributed by atoms with Crippen LogP contribution in [0, 0.1) is 104 Å². The molecule has 0 amide bonds. The topological polar surface area (TPSA) is 93.9 Å². The van der Waals surface area contributed by atoms with Gasteiger partial charge in [0, 0.05) is 88.0 Å². The molecule has 0 radical (unpaired) electrons. The summed E-state index contributed by atoms with van der Waals surface area (Å²) in [5.41, 5.74) is 37.1. The van der Waals surface area contributed by atoms with Crippen molar-refractivity contribution in [2.75, 3.05) is 18.8 Å². The van der Waals surface area contributed by atoms with Crippen molar-refractivity contribution in [3.8, 4) is 0 Å². The average Bonchev–Trinajstić information content (AvgIpc) is 1.35. The van der Waals surface area contributed by atoms with Gasteiger partial charge in [-0.1, -0.05) is 94.7 Å². The third kappa shape index (κ3) is 10.5. The maximum Gasteiger partial charge on any atom is 0.176 e. The van der Waals surface area contributed by atoms with Crippen LogP contribution in [0.2, 0.25) is 0 Å². The van der Waals surface area contributed by atoms with Gasteiger partial charge in [0.25, 0.3) is 0 Å². The van der Waals surface area contributed by atoms with Gasteiger partial charge in [-0.15, -0.1) is 11.8 Å². The molecule has 0 saturated carbocycles. The van der Waals surface area contributed by atoms with E-state index in [9.17, 15) is 16.8 Å². The number of nitrogens with zero attached hydrogens (tertiary/aromatic N) is 2. The fraction of sp³-hybridized carbons (Fsp3) is 0.400. The zero-order valence-corrected chi connectivity index (χ0v) is 61.3. The van der Waals surface area contributed by atoms with Gasteiger partial charge in [-0.3, -0.25) is 0 Å². The van der Waals surface area contributed by atoms with Gasteiger partial charge in [0.15, 0.2) is 19.7 Å². The molecule has 6 aromatic carbocycles. The molecule has 0 unspecified atom stereocenters. The number of nitrogens with one attached hydrogen (secondary N) is 1. The number of hydrogen-bond donors (Lipinski definition) is 1. The van der Waals surface area contributed by atoms with E-state index in [2.05, 4.69) is 200 Å². The van der Waals surface area contributed by atoms with Crippen molar-refractivity contribution in [1.82, 2.24) is 14.1 Å². The van der Waals surface area contributed by atoms with Gasteiger partial charge >= 0.3 is 0 Å². The van der Waals surface area contributed by atoms with Gasteiger partial charge in [0.1, 0.15) is 0 Å². The van der Waals surface area contributed by atoms with Crippen molar-refractivity contribution in [2.24, 2.45) is 14.1 Å². The first-order chi connectivity index (χ1) is 41.7. The molecule has 0 fully saturated rings. The minimum absolute atomic E-state index is 0.0241. The highest BCUT2D eigenvalue weighted by Gasteiger charge is 2.40. The normalized spacial score (nSPS) is 14.2. The summed E-state index contributed by atoms with van der Waals surface area (Å²) in [5, 5.41) is 3.45. The molecular weight excluding hydrogens is 1160 g/mol. The lowest BCUT2D eigenvalue weighted by atomic mass is 9.74. The Balaban J connectivity index is 0.000000149. The summed E-state index contributed by atoms with van der Waals surface area (Å²) in [6.45, 7) is 45.9. The molecule has 0 aliphatic heterocycles. The summed E-state index contributed by atoms with van der Waals surface area (Å²) < 4.78 is 56.5. The zero-order valence-electron chi connectivity index (χ0n) is 58.8. The molecule has 3 aromatic heterocycles. The molecule has 0 atom stereocenters. The fourth-order valence-corrected chi connectivity index (χ4v) is 19.8. The number of sulfone groups is 2. The van der Waals surface area contributed by atoms with Crippen LogP contribution < -0.4 is 0 Å². The summed E-state index contributed by atoms with van der Waals surface area (Å²) in [5.74, 6) is 0. The maximum atomic E-state index is 13.1. The zero-order chi connectivity index (χ0) is 66.5. The van der Waals surface area contributed by atoms with Gasteiger partial charge in [-0.25, -0.2) is 16.8 Å². The minimum Gasteiger partial charge on any atom is -0.361 e. The van der Waals surface area contributed by atoms with Crippen LogP contribution >= 0.6 is 11.8 Å². The number of benzene rings is 6. The van der Waals surface area contributed by atoms with Crippen LogP contribution in [0.15, 0.2) is 86.4 Å². The largest absolute Gasteiger partial charge is 0.361 e. The van der Waals surface area contributed by atoms with E-state index >= 15 is 0 Å². The molecule has 0 spiro atoms. The average molecular weight is 1260 g/mol. The summed E-state index contributed by atoms with van der Waals surface area (Å²) in [6, 6.07) is 13.4. The lowest BCUT2D eigenvalue weighted by molar-refractivity contribution is 0.580. The second kappa shape index (κ2) is 22.9. The molecule has 0 saturated heterocycles. The van der Waals surface area contributed by atoms with Gasteiger partial charge < -0.3 is 14.1 Å². The Morgan fingerprint density at radius 2 is 0.756 bits per heavy atom. The summed E-state index contributed by atoms with van der Waals surface area (Å²) >= 11 is 1.90. The van der Waals surface area contributed by atoms with Crippen molar-refractivity contribution in [2.45, 2.75) is 196 Å². The van der Waals surface area contributed by atoms with Gasteiger partial charge in [-0.2, -0.15) is 0 Å². The van der Waals surface area contributed by atoms with E-state index in [4.69, 9.17) is 0 Å². The van der Waals surface area contributed by atoms with E-state index in [1.54, 1.807) is 0 Å². The first kappa shape index (κ1) is 66.3. The molecule has 0 bridgehead atoms. The Labute approximate surface area is 543 Å². The standard InChI is InChI=1S/C27H33NO2S.C27H33NS.C26H31NO2S/c1-15-12-20-13-21(14-23(20)17(3)16(15)2)27(6,7)24-22-10-11-28(8)25(22)18(4)19(5)26(24)31(9,29)30;1-15-12-20-13-21(14-23(20)17(3)16(15)2)27(6,7)24-22-10-11-28(8)25(22)18(4)19(5)26(24)29-9;1-14-11-19-12-20(13-22(19)16(3)15(14)2)26(6,7)23-21-9-10-27-24(21)17(4)18(5)25(23)30(8,28)29/h10-12,14H,13H2,1-9H3;10-12,14H,13H2,1-9H3;9-11,13,27H,12H2,1-8H3. The Bertz CT molecular complexity index is 4920. The van der Waals surface area contributed by atoms with Gasteiger partial charge in [0.2, 0.25) is 0 Å².